The summed E-state index contributed by atoms with van der Waals surface area (Å²) in [5, 5.41) is 7.79. The molecular formula is C17H10N4. The van der Waals surface area contributed by atoms with E-state index < -0.39 is 0 Å². The van der Waals surface area contributed by atoms with Crippen LogP contribution in [-0.4, -0.2) is 19.6 Å². The van der Waals surface area contributed by atoms with Crippen molar-refractivity contribution in [3.8, 4) is 0 Å². The van der Waals surface area contributed by atoms with Crippen LogP contribution in [0.1, 0.15) is 0 Å². The highest BCUT2D eigenvalue weighted by Gasteiger charge is 2.12. The second-order valence-corrected chi connectivity index (χ2v) is 5.07. The fourth-order valence-electron chi connectivity index (χ4n) is 3.04. The number of fused-ring (bicyclic) bond motifs is 8. The first-order valence-electron chi connectivity index (χ1n) is 6.81. The summed E-state index contributed by atoms with van der Waals surface area (Å²) in [6, 6.07) is 14.2. The molecule has 4 aromatic heterocycles. The van der Waals surface area contributed by atoms with Gasteiger partial charge in [0.05, 0.1) is 28.3 Å². The van der Waals surface area contributed by atoms with Gasteiger partial charge in [0.25, 0.3) is 0 Å². The number of nitrogens with zero attached hydrogens (tertiary/aromatic N) is 4. The van der Waals surface area contributed by atoms with Gasteiger partial charge in [-0.1, -0.05) is 24.3 Å². The quantitative estimate of drug-likeness (QED) is 0.404. The van der Waals surface area contributed by atoms with Gasteiger partial charge in [-0.15, -0.1) is 0 Å². The Kier molecular flexibility index (Phi) is 1.92. The lowest BCUT2D eigenvalue weighted by atomic mass is 10.1. The third-order valence-corrected chi connectivity index (χ3v) is 3.94. The summed E-state index contributed by atoms with van der Waals surface area (Å²) in [5.41, 5.74) is 4.04. The van der Waals surface area contributed by atoms with E-state index in [-0.39, 0.29) is 0 Å². The summed E-state index contributed by atoms with van der Waals surface area (Å²) in [4.78, 5) is 9.10. The van der Waals surface area contributed by atoms with Crippen LogP contribution in [0.25, 0.3) is 38.2 Å². The molecule has 0 aliphatic heterocycles. The molecule has 0 saturated carbocycles. The van der Waals surface area contributed by atoms with Crippen molar-refractivity contribution in [3.05, 3.63) is 61.1 Å². The van der Waals surface area contributed by atoms with Crippen LogP contribution >= 0.6 is 0 Å². The van der Waals surface area contributed by atoms with Crippen LogP contribution in [0.3, 0.4) is 0 Å². The van der Waals surface area contributed by atoms with Gasteiger partial charge < -0.3 is 0 Å². The molecule has 4 nitrogen and oxygen atoms in total. The average Bonchev–Trinajstić information content (AvgIpc) is 3.04. The summed E-state index contributed by atoms with van der Waals surface area (Å²) >= 11 is 0. The Morgan fingerprint density at radius 3 is 2.67 bits per heavy atom. The van der Waals surface area contributed by atoms with E-state index in [1.54, 1.807) is 0 Å². The van der Waals surface area contributed by atoms with Gasteiger partial charge in [-0.25, -0.2) is 4.52 Å². The van der Waals surface area contributed by atoms with Crippen LogP contribution in [-0.2, 0) is 0 Å². The summed E-state index contributed by atoms with van der Waals surface area (Å²) in [6.45, 7) is 0. The zero-order valence-electron chi connectivity index (χ0n) is 11.1. The minimum Gasteiger partial charge on any atom is -0.255 e. The second-order valence-electron chi connectivity index (χ2n) is 5.07. The Labute approximate surface area is 119 Å². The van der Waals surface area contributed by atoms with Crippen molar-refractivity contribution < 1.29 is 0 Å². The smallest absolute Gasteiger partial charge is 0.0967 e. The van der Waals surface area contributed by atoms with Crippen LogP contribution in [0.4, 0.5) is 0 Å². The van der Waals surface area contributed by atoms with Crippen LogP contribution in [0.5, 0.6) is 0 Å². The molecule has 98 valence electrons. The maximum absolute atomic E-state index is 4.58. The number of pyridine rings is 3. The zero-order valence-corrected chi connectivity index (χ0v) is 11.1. The number of hydrogen-bond acceptors (Lipinski definition) is 3. The number of para-hydroxylation sites is 1. The lowest BCUT2D eigenvalue weighted by molar-refractivity contribution is 1.01. The van der Waals surface area contributed by atoms with Gasteiger partial charge in [0, 0.05) is 28.6 Å². The van der Waals surface area contributed by atoms with E-state index in [1.807, 2.05) is 53.4 Å². The molecule has 0 unspecified atom stereocenters. The molecule has 0 fully saturated rings. The van der Waals surface area contributed by atoms with Gasteiger partial charge in [0.2, 0.25) is 0 Å². The summed E-state index contributed by atoms with van der Waals surface area (Å²) in [7, 11) is 0. The van der Waals surface area contributed by atoms with E-state index in [2.05, 4.69) is 27.2 Å². The Bertz CT molecular complexity index is 1130. The second kappa shape index (κ2) is 3.76. The fraction of sp³-hybridized carbons (Fsp3) is 0. The van der Waals surface area contributed by atoms with E-state index in [0.29, 0.717) is 0 Å². The van der Waals surface area contributed by atoms with Crippen LogP contribution in [0, 0.1) is 0 Å². The molecule has 4 heterocycles. The van der Waals surface area contributed by atoms with Crippen molar-refractivity contribution >= 4 is 38.2 Å². The molecule has 0 radical (unpaired) electrons. The average molecular weight is 270 g/mol. The predicted molar refractivity (Wildman–Crippen MR) is 83.3 cm³/mol. The number of aromatic nitrogens is 4. The summed E-state index contributed by atoms with van der Waals surface area (Å²) in [5.74, 6) is 0. The van der Waals surface area contributed by atoms with Crippen LogP contribution < -0.4 is 0 Å². The molecule has 21 heavy (non-hydrogen) atoms. The molecular weight excluding hydrogens is 260 g/mol. The summed E-state index contributed by atoms with van der Waals surface area (Å²) in [6.07, 6.45) is 5.55. The van der Waals surface area contributed by atoms with E-state index in [1.165, 1.54) is 0 Å². The number of hydrogen-bond donors (Lipinski definition) is 0. The highest BCUT2D eigenvalue weighted by atomic mass is 15.2. The first-order chi connectivity index (χ1) is 10.4. The monoisotopic (exact) mass is 270 g/mol. The van der Waals surface area contributed by atoms with Crippen molar-refractivity contribution in [2.24, 2.45) is 0 Å². The Hall–Kier alpha value is -3.01. The SMILES string of the molecule is c1ccc2c(c1)ncc1c3cccnc3c3ccnn3c21. The van der Waals surface area contributed by atoms with Crippen molar-refractivity contribution in [1.29, 1.82) is 0 Å². The highest BCUT2D eigenvalue weighted by Crippen LogP contribution is 2.31. The normalized spacial score (nSPS) is 11.8. The molecule has 0 N–H and O–H groups in total. The number of benzene rings is 1. The largest absolute Gasteiger partial charge is 0.255 e. The van der Waals surface area contributed by atoms with Crippen LogP contribution in [0.2, 0.25) is 0 Å². The van der Waals surface area contributed by atoms with Crippen molar-refractivity contribution in [1.82, 2.24) is 19.6 Å². The maximum atomic E-state index is 4.58. The lowest BCUT2D eigenvalue weighted by Gasteiger charge is -2.09. The third kappa shape index (κ3) is 1.31. The van der Waals surface area contributed by atoms with Gasteiger partial charge >= 0.3 is 0 Å². The predicted octanol–water partition coefficient (Wildman–Crippen LogP) is 3.58. The maximum Gasteiger partial charge on any atom is 0.0967 e. The van der Waals surface area contributed by atoms with E-state index in [9.17, 15) is 0 Å². The standard InChI is InChI=1S/C17H10N4/c1-2-6-14-12(4-1)17-13(10-19-14)11-5-3-8-18-16(11)15-7-9-20-21(15)17/h1-10H. The highest BCUT2D eigenvalue weighted by molar-refractivity contribution is 6.17. The molecule has 0 spiro atoms. The molecule has 0 aliphatic carbocycles. The molecule has 0 aliphatic rings. The molecule has 0 saturated heterocycles. The fourth-order valence-corrected chi connectivity index (χ4v) is 3.04. The van der Waals surface area contributed by atoms with Gasteiger partial charge in [0.1, 0.15) is 0 Å². The molecule has 0 bridgehead atoms. The third-order valence-electron chi connectivity index (χ3n) is 3.94. The summed E-state index contributed by atoms with van der Waals surface area (Å²) < 4.78 is 1.97. The van der Waals surface area contributed by atoms with E-state index in [4.69, 9.17) is 0 Å². The first-order valence-corrected chi connectivity index (χ1v) is 6.81. The molecule has 5 rings (SSSR count). The first kappa shape index (κ1) is 10.7. The van der Waals surface area contributed by atoms with Gasteiger partial charge in [-0.2, -0.15) is 5.10 Å². The molecule has 1 aromatic carbocycles. The number of rotatable bonds is 0. The minimum atomic E-state index is 0.958. The lowest BCUT2D eigenvalue weighted by Crippen LogP contribution is -1.95. The van der Waals surface area contributed by atoms with Gasteiger partial charge in [0.15, 0.2) is 0 Å². The Morgan fingerprint density at radius 2 is 1.67 bits per heavy atom. The van der Waals surface area contributed by atoms with E-state index >= 15 is 0 Å². The van der Waals surface area contributed by atoms with Crippen molar-refractivity contribution in [2.45, 2.75) is 0 Å². The topological polar surface area (TPSA) is 43.1 Å². The molecule has 4 heteroatoms. The van der Waals surface area contributed by atoms with Crippen molar-refractivity contribution in [3.63, 3.8) is 0 Å². The van der Waals surface area contributed by atoms with Crippen LogP contribution in [0.15, 0.2) is 61.1 Å². The zero-order chi connectivity index (χ0) is 13.8. The van der Waals surface area contributed by atoms with Crippen molar-refractivity contribution in [2.75, 3.05) is 0 Å². The molecule has 5 aromatic rings. The van der Waals surface area contributed by atoms with E-state index in [0.717, 1.165) is 38.2 Å². The minimum absolute atomic E-state index is 0.958. The Balaban J connectivity index is 2.24. The van der Waals surface area contributed by atoms with Gasteiger partial charge in [-0.05, 0) is 18.2 Å². The molecule has 0 atom stereocenters. The molecule has 0 amide bonds. The van der Waals surface area contributed by atoms with Gasteiger partial charge in [-0.3, -0.25) is 9.97 Å². The Morgan fingerprint density at radius 1 is 0.762 bits per heavy atom.